The molecule has 1 saturated carbocycles. The molecular weight excluding hydrogens is 446 g/mol. The van der Waals surface area contributed by atoms with Crippen molar-refractivity contribution in [1.29, 1.82) is 0 Å². The number of nitrogens with zero attached hydrogens (tertiary/aromatic N) is 3. The maximum Gasteiger partial charge on any atom is 0.243 e. The van der Waals surface area contributed by atoms with E-state index in [0.29, 0.717) is 25.7 Å². The highest BCUT2D eigenvalue weighted by Gasteiger charge is 2.34. The van der Waals surface area contributed by atoms with Crippen molar-refractivity contribution in [2.45, 2.75) is 86.6 Å². The van der Waals surface area contributed by atoms with Crippen LogP contribution >= 0.6 is 0 Å². The van der Waals surface area contributed by atoms with Gasteiger partial charge >= 0.3 is 0 Å². The number of piperazine rings is 1. The zero-order valence-electron chi connectivity index (χ0n) is 19.2. The minimum absolute atomic E-state index is 0.0256. The first-order chi connectivity index (χ1) is 15.3. The topological polar surface area (TPSA) is 78.0 Å². The van der Waals surface area contributed by atoms with Crippen molar-refractivity contribution >= 4 is 20.0 Å². The molecule has 1 aliphatic carbocycles. The lowest BCUT2D eigenvalue weighted by Crippen LogP contribution is -2.52. The summed E-state index contributed by atoms with van der Waals surface area (Å²) in [5, 5.41) is 0. The molecule has 0 N–H and O–H groups in total. The van der Waals surface area contributed by atoms with Crippen LogP contribution < -0.4 is 0 Å². The van der Waals surface area contributed by atoms with Crippen molar-refractivity contribution < 1.29 is 16.8 Å². The molecule has 180 valence electrons. The molecule has 9 heteroatoms. The van der Waals surface area contributed by atoms with E-state index in [1.807, 2.05) is 6.92 Å². The van der Waals surface area contributed by atoms with E-state index in [4.69, 9.17) is 0 Å². The lowest BCUT2D eigenvalue weighted by molar-refractivity contribution is 0.111. The molecule has 0 aromatic heterocycles. The van der Waals surface area contributed by atoms with Gasteiger partial charge in [-0.2, -0.15) is 8.61 Å². The fourth-order valence-electron chi connectivity index (χ4n) is 5.52. The molecule has 2 heterocycles. The van der Waals surface area contributed by atoms with E-state index in [0.717, 1.165) is 38.8 Å². The van der Waals surface area contributed by atoms with E-state index in [1.54, 1.807) is 8.61 Å². The van der Waals surface area contributed by atoms with E-state index in [2.05, 4.69) is 4.90 Å². The Morgan fingerprint density at radius 2 is 1.28 bits per heavy atom. The predicted molar refractivity (Wildman–Crippen MR) is 125 cm³/mol. The molecular formula is C23H37N3O4S2. The fourth-order valence-corrected chi connectivity index (χ4v) is 8.71. The Morgan fingerprint density at radius 3 is 1.88 bits per heavy atom. The lowest BCUT2D eigenvalue weighted by atomic mass is 9.94. The number of hydrogen-bond acceptors (Lipinski definition) is 5. The minimum Gasteiger partial charge on any atom is -0.298 e. The molecule has 7 nitrogen and oxygen atoms in total. The Balaban J connectivity index is 1.44. The van der Waals surface area contributed by atoms with Gasteiger partial charge in [0.2, 0.25) is 20.0 Å². The Hall–Kier alpha value is -1.00. The van der Waals surface area contributed by atoms with E-state index in [-0.39, 0.29) is 15.8 Å². The van der Waals surface area contributed by atoms with Gasteiger partial charge in [0.1, 0.15) is 0 Å². The number of rotatable bonds is 6. The van der Waals surface area contributed by atoms with E-state index >= 15 is 0 Å². The Morgan fingerprint density at radius 1 is 0.719 bits per heavy atom. The maximum atomic E-state index is 13.2. The zero-order valence-corrected chi connectivity index (χ0v) is 20.8. The molecule has 0 amide bonds. The third-order valence-corrected chi connectivity index (χ3v) is 11.4. The molecule has 0 spiro atoms. The maximum absolute atomic E-state index is 13.2. The average molecular weight is 484 g/mol. The smallest absolute Gasteiger partial charge is 0.243 e. The van der Waals surface area contributed by atoms with Crippen LogP contribution in [0.1, 0.15) is 64.7 Å². The van der Waals surface area contributed by atoms with Crippen LogP contribution in [0.4, 0.5) is 0 Å². The first-order valence-electron chi connectivity index (χ1n) is 12.2. The summed E-state index contributed by atoms with van der Waals surface area (Å²) < 4.78 is 55.8. The van der Waals surface area contributed by atoms with Crippen molar-refractivity contribution in [2.24, 2.45) is 0 Å². The Labute approximate surface area is 193 Å². The van der Waals surface area contributed by atoms with Crippen LogP contribution in [0.2, 0.25) is 0 Å². The second-order valence-corrected chi connectivity index (χ2v) is 13.2. The number of hydrogen-bond donors (Lipinski definition) is 0. The summed E-state index contributed by atoms with van der Waals surface area (Å²) >= 11 is 0. The summed E-state index contributed by atoms with van der Waals surface area (Å²) in [5.41, 5.74) is 0. The van der Waals surface area contributed by atoms with Crippen LogP contribution in [-0.4, -0.2) is 75.2 Å². The van der Waals surface area contributed by atoms with E-state index in [9.17, 15) is 16.8 Å². The van der Waals surface area contributed by atoms with Crippen LogP contribution in [0.25, 0.3) is 0 Å². The molecule has 2 aliphatic heterocycles. The average Bonchev–Trinajstić information content (AvgIpc) is 2.84. The molecule has 4 rings (SSSR count). The third-order valence-electron chi connectivity index (χ3n) is 7.48. The van der Waals surface area contributed by atoms with Crippen LogP contribution in [0.15, 0.2) is 34.1 Å². The molecule has 3 aliphatic rings. The van der Waals surface area contributed by atoms with Crippen molar-refractivity contribution in [1.82, 2.24) is 13.5 Å². The van der Waals surface area contributed by atoms with Gasteiger partial charge in [0, 0.05) is 44.8 Å². The predicted octanol–water partition coefficient (Wildman–Crippen LogP) is 3.28. The highest BCUT2D eigenvalue weighted by atomic mass is 32.2. The van der Waals surface area contributed by atoms with Gasteiger partial charge in [0.05, 0.1) is 9.79 Å². The first kappa shape index (κ1) is 24.1. The van der Waals surface area contributed by atoms with Crippen LogP contribution in [0.3, 0.4) is 0 Å². The summed E-state index contributed by atoms with van der Waals surface area (Å²) in [6, 6.07) is 6.46. The van der Waals surface area contributed by atoms with Gasteiger partial charge in [-0.05, 0) is 56.4 Å². The summed E-state index contributed by atoms with van der Waals surface area (Å²) in [4.78, 5) is 2.80. The summed E-state index contributed by atoms with van der Waals surface area (Å²) in [5.74, 6) is 0. The number of sulfonamides is 2. The minimum atomic E-state index is -3.62. The third kappa shape index (κ3) is 4.92. The molecule has 1 atom stereocenters. The molecule has 1 aromatic rings. The molecule has 0 unspecified atom stereocenters. The quantitative estimate of drug-likeness (QED) is 0.621. The number of benzene rings is 1. The van der Waals surface area contributed by atoms with Gasteiger partial charge in [0.15, 0.2) is 0 Å². The largest absolute Gasteiger partial charge is 0.298 e. The highest BCUT2D eigenvalue weighted by Crippen LogP contribution is 2.29. The first-order valence-corrected chi connectivity index (χ1v) is 15.1. The molecule has 3 fully saturated rings. The lowest BCUT2D eigenvalue weighted by Gasteiger charge is -2.40. The summed E-state index contributed by atoms with van der Waals surface area (Å²) in [7, 11) is -7.23. The van der Waals surface area contributed by atoms with E-state index in [1.165, 1.54) is 56.4 Å². The zero-order chi connectivity index (χ0) is 22.8. The van der Waals surface area contributed by atoms with Crippen molar-refractivity contribution in [2.75, 3.05) is 32.7 Å². The van der Waals surface area contributed by atoms with Gasteiger partial charge in [-0.1, -0.05) is 32.6 Å². The van der Waals surface area contributed by atoms with Gasteiger partial charge in [0.25, 0.3) is 0 Å². The molecule has 32 heavy (non-hydrogen) atoms. The van der Waals surface area contributed by atoms with Gasteiger partial charge in [-0.15, -0.1) is 0 Å². The SMILES string of the molecule is CC[C@@H]1CCCCN1S(=O)(=O)c1ccc(S(=O)(=O)N2CCN(C3CCCCC3)CC2)cc1. The van der Waals surface area contributed by atoms with Gasteiger partial charge < -0.3 is 0 Å². The second-order valence-electron chi connectivity index (χ2n) is 9.38. The second kappa shape index (κ2) is 10.1. The van der Waals surface area contributed by atoms with Gasteiger partial charge in [-0.3, -0.25) is 4.90 Å². The Kier molecular flexibility index (Phi) is 7.61. The normalized spacial score (nSPS) is 25.7. The molecule has 2 saturated heterocycles. The van der Waals surface area contributed by atoms with Crippen LogP contribution in [-0.2, 0) is 20.0 Å². The van der Waals surface area contributed by atoms with Gasteiger partial charge in [-0.25, -0.2) is 16.8 Å². The van der Waals surface area contributed by atoms with Crippen molar-refractivity contribution in [3.8, 4) is 0 Å². The van der Waals surface area contributed by atoms with Crippen molar-refractivity contribution in [3.05, 3.63) is 24.3 Å². The van der Waals surface area contributed by atoms with Crippen molar-refractivity contribution in [3.63, 3.8) is 0 Å². The summed E-state index contributed by atoms with van der Waals surface area (Å²) in [6.07, 6.45) is 9.90. The fraction of sp³-hybridized carbons (Fsp3) is 0.739. The van der Waals surface area contributed by atoms with E-state index < -0.39 is 20.0 Å². The molecule has 0 radical (unpaired) electrons. The van der Waals surface area contributed by atoms with Crippen LogP contribution in [0, 0.1) is 0 Å². The molecule has 1 aromatic carbocycles. The Bertz CT molecular complexity index is 965. The number of piperidine rings is 1. The summed E-state index contributed by atoms with van der Waals surface area (Å²) in [6.45, 7) is 5.07. The van der Waals surface area contributed by atoms with Crippen LogP contribution in [0.5, 0.6) is 0 Å². The highest BCUT2D eigenvalue weighted by molar-refractivity contribution is 7.89. The standard InChI is InChI=1S/C23H37N3O4S2/c1-2-20-8-6-7-15-26(20)32(29,30)23-13-11-22(12-14-23)31(27,28)25-18-16-24(17-19-25)21-9-4-3-5-10-21/h11-14,20-21H,2-10,15-19H2,1H3/t20-/m1/s1. The molecule has 0 bridgehead atoms. The monoisotopic (exact) mass is 483 g/mol.